The first-order valence-corrected chi connectivity index (χ1v) is 8.01. The molecule has 2 rings (SSSR count). The number of hydrogen-bond donors (Lipinski definition) is 1. The van der Waals surface area contributed by atoms with Gasteiger partial charge in [0.2, 0.25) is 0 Å². The summed E-state index contributed by atoms with van der Waals surface area (Å²) in [6.45, 7) is 7.24. The zero-order chi connectivity index (χ0) is 11.4. The van der Waals surface area contributed by atoms with Crippen LogP contribution in [0.2, 0.25) is 0 Å². The van der Waals surface area contributed by atoms with Gasteiger partial charge in [0.15, 0.2) is 0 Å². The van der Waals surface area contributed by atoms with Crippen LogP contribution in [0, 0.1) is 0 Å². The van der Waals surface area contributed by atoms with E-state index in [2.05, 4.69) is 35.2 Å². The maximum absolute atomic E-state index is 3.58. The summed E-state index contributed by atoms with van der Waals surface area (Å²) in [5, 5.41) is 3.58. The van der Waals surface area contributed by atoms with Crippen molar-refractivity contribution in [3.05, 3.63) is 0 Å². The van der Waals surface area contributed by atoms with Crippen LogP contribution in [0.4, 0.5) is 0 Å². The molecule has 1 saturated heterocycles. The Balaban J connectivity index is 1.81. The molecule has 2 fully saturated rings. The lowest BCUT2D eigenvalue weighted by Crippen LogP contribution is -2.39. The zero-order valence-corrected chi connectivity index (χ0v) is 11.6. The normalized spacial score (nSPS) is 30.0. The average Bonchev–Trinajstić information content (AvgIpc) is 2.90. The van der Waals surface area contributed by atoms with Crippen molar-refractivity contribution < 1.29 is 0 Å². The van der Waals surface area contributed by atoms with Gasteiger partial charge in [0.25, 0.3) is 0 Å². The van der Waals surface area contributed by atoms with Gasteiger partial charge in [-0.15, -0.1) is 0 Å². The van der Waals surface area contributed by atoms with Crippen LogP contribution in [0.25, 0.3) is 0 Å². The van der Waals surface area contributed by atoms with Crippen LogP contribution in [-0.2, 0) is 0 Å². The Morgan fingerprint density at radius 1 is 1.38 bits per heavy atom. The number of rotatable bonds is 5. The lowest BCUT2D eigenvalue weighted by atomic mass is 10.1. The van der Waals surface area contributed by atoms with Gasteiger partial charge in [-0.2, -0.15) is 11.8 Å². The maximum atomic E-state index is 3.58. The minimum absolute atomic E-state index is 0.598. The van der Waals surface area contributed by atoms with Gasteiger partial charge in [-0.3, -0.25) is 0 Å². The molecule has 3 heteroatoms. The van der Waals surface area contributed by atoms with Gasteiger partial charge < -0.3 is 10.2 Å². The molecular weight excluding hydrogens is 216 g/mol. The summed E-state index contributed by atoms with van der Waals surface area (Å²) in [6, 6.07) is 0.755. The highest BCUT2D eigenvalue weighted by molar-refractivity contribution is 8.00. The molecule has 0 aromatic carbocycles. The molecule has 1 aliphatic carbocycles. The van der Waals surface area contributed by atoms with Gasteiger partial charge in [0, 0.05) is 23.9 Å². The van der Waals surface area contributed by atoms with Crippen molar-refractivity contribution in [2.45, 2.75) is 49.8 Å². The number of nitrogens with one attached hydrogen (secondary N) is 1. The molecule has 0 radical (unpaired) electrons. The van der Waals surface area contributed by atoms with Crippen LogP contribution in [0.15, 0.2) is 0 Å². The second kappa shape index (κ2) is 5.74. The van der Waals surface area contributed by atoms with E-state index in [0.717, 1.165) is 12.6 Å². The van der Waals surface area contributed by atoms with Crippen LogP contribution >= 0.6 is 11.8 Å². The summed E-state index contributed by atoms with van der Waals surface area (Å²) in [7, 11) is 0. The van der Waals surface area contributed by atoms with E-state index >= 15 is 0 Å². The van der Waals surface area contributed by atoms with E-state index in [9.17, 15) is 0 Å². The molecule has 94 valence electrons. The summed E-state index contributed by atoms with van der Waals surface area (Å²) >= 11 is 2.12. The third kappa shape index (κ3) is 2.93. The lowest BCUT2D eigenvalue weighted by molar-refractivity contribution is 0.291. The van der Waals surface area contributed by atoms with Crippen LogP contribution in [-0.4, -0.2) is 48.1 Å². The Morgan fingerprint density at radius 2 is 2.12 bits per heavy atom. The number of likely N-dealkylation sites (tertiary alicyclic amines) is 1. The quantitative estimate of drug-likeness (QED) is 0.797. The number of likely N-dealkylation sites (N-methyl/N-ethyl adjacent to an activating group) is 1. The minimum atomic E-state index is 0.598. The summed E-state index contributed by atoms with van der Waals surface area (Å²) in [5.74, 6) is 0. The van der Waals surface area contributed by atoms with Crippen molar-refractivity contribution in [3.63, 3.8) is 0 Å². The van der Waals surface area contributed by atoms with Crippen LogP contribution in [0.3, 0.4) is 0 Å². The standard InChI is InChI=1S/C13H26N2S/c1-3-14-12-6-9-15(10-12)11-13(16-2)7-4-5-8-13/h12,14H,3-11H2,1-2H3. The first-order valence-electron chi connectivity index (χ1n) is 6.79. The first-order chi connectivity index (χ1) is 7.78. The molecule has 0 bridgehead atoms. The molecule has 0 aromatic heterocycles. The molecule has 1 heterocycles. The van der Waals surface area contributed by atoms with E-state index in [-0.39, 0.29) is 0 Å². The van der Waals surface area contributed by atoms with E-state index in [0.29, 0.717) is 4.75 Å². The molecule has 0 amide bonds. The largest absolute Gasteiger partial charge is 0.313 e. The summed E-state index contributed by atoms with van der Waals surface area (Å²) in [5.41, 5.74) is 0. The van der Waals surface area contributed by atoms with Crippen molar-refractivity contribution in [1.29, 1.82) is 0 Å². The Bertz CT molecular complexity index is 214. The van der Waals surface area contributed by atoms with Gasteiger partial charge in [0.1, 0.15) is 0 Å². The van der Waals surface area contributed by atoms with Gasteiger partial charge in [-0.25, -0.2) is 0 Å². The molecule has 16 heavy (non-hydrogen) atoms. The predicted octanol–water partition coefficient (Wildman–Crippen LogP) is 2.35. The molecule has 1 atom stereocenters. The second-order valence-corrected chi connectivity index (χ2v) is 6.65. The maximum Gasteiger partial charge on any atom is 0.0284 e. The van der Waals surface area contributed by atoms with Crippen molar-refractivity contribution in [3.8, 4) is 0 Å². The van der Waals surface area contributed by atoms with E-state index in [1.54, 1.807) is 0 Å². The average molecular weight is 242 g/mol. The van der Waals surface area contributed by atoms with Gasteiger partial charge in [-0.1, -0.05) is 19.8 Å². The number of thioether (sulfide) groups is 1. The van der Waals surface area contributed by atoms with Crippen molar-refractivity contribution >= 4 is 11.8 Å². The molecule has 1 saturated carbocycles. The summed E-state index contributed by atoms with van der Waals surface area (Å²) < 4.78 is 0.598. The highest BCUT2D eigenvalue weighted by Crippen LogP contribution is 2.41. The Kier molecular flexibility index (Phi) is 4.57. The fourth-order valence-electron chi connectivity index (χ4n) is 3.29. The van der Waals surface area contributed by atoms with E-state index < -0.39 is 0 Å². The fraction of sp³-hybridized carbons (Fsp3) is 1.00. The Hall–Kier alpha value is 0.270. The zero-order valence-electron chi connectivity index (χ0n) is 10.8. The van der Waals surface area contributed by atoms with Crippen molar-refractivity contribution in [2.24, 2.45) is 0 Å². The molecule has 0 spiro atoms. The smallest absolute Gasteiger partial charge is 0.0284 e. The second-order valence-electron chi connectivity index (χ2n) is 5.37. The van der Waals surface area contributed by atoms with E-state index in [1.807, 2.05) is 0 Å². The topological polar surface area (TPSA) is 15.3 Å². The summed E-state index contributed by atoms with van der Waals surface area (Å²) in [4.78, 5) is 2.69. The Morgan fingerprint density at radius 3 is 2.75 bits per heavy atom. The molecule has 2 aliphatic rings. The predicted molar refractivity (Wildman–Crippen MR) is 73.2 cm³/mol. The molecule has 1 unspecified atom stereocenters. The van der Waals surface area contributed by atoms with Gasteiger partial charge in [0.05, 0.1) is 0 Å². The van der Waals surface area contributed by atoms with Crippen LogP contribution in [0.1, 0.15) is 39.0 Å². The highest BCUT2D eigenvalue weighted by atomic mass is 32.2. The van der Waals surface area contributed by atoms with E-state index in [4.69, 9.17) is 0 Å². The third-order valence-corrected chi connectivity index (χ3v) is 5.63. The number of nitrogens with zero attached hydrogens (tertiary/aromatic N) is 1. The molecule has 2 nitrogen and oxygen atoms in total. The monoisotopic (exact) mass is 242 g/mol. The van der Waals surface area contributed by atoms with Crippen molar-refractivity contribution in [2.75, 3.05) is 32.4 Å². The molecular formula is C13H26N2S. The van der Waals surface area contributed by atoms with Gasteiger partial charge >= 0.3 is 0 Å². The lowest BCUT2D eigenvalue weighted by Gasteiger charge is -2.32. The number of hydrogen-bond acceptors (Lipinski definition) is 3. The molecule has 0 aromatic rings. The SMILES string of the molecule is CCNC1CCN(CC2(SC)CCCC2)C1. The highest BCUT2D eigenvalue weighted by Gasteiger charge is 2.36. The van der Waals surface area contributed by atoms with Crippen molar-refractivity contribution in [1.82, 2.24) is 10.2 Å². The minimum Gasteiger partial charge on any atom is -0.313 e. The van der Waals surface area contributed by atoms with Gasteiger partial charge in [-0.05, 0) is 38.6 Å². The summed E-state index contributed by atoms with van der Waals surface area (Å²) in [6.07, 6.45) is 9.44. The van der Waals surface area contributed by atoms with Crippen LogP contribution < -0.4 is 5.32 Å². The Labute approximate surface area is 105 Å². The fourth-order valence-corrected chi connectivity index (χ4v) is 4.29. The first kappa shape index (κ1) is 12.7. The van der Waals surface area contributed by atoms with Crippen LogP contribution in [0.5, 0.6) is 0 Å². The molecule has 1 aliphatic heterocycles. The third-order valence-electron chi connectivity index (χ3n) is 4.22. The van der Waals surface area contributed by atoms with E-state index in [1.165, 1.54) is 51.7 Å². The molecule has 1 N–H and O–H groups in total.